The third-order valence-corrected chi connectivity index (χ3v) is 1.03. The van der Waals surface area contributed by atoms with E-state index in [4.69, 9.17) is 16.2 Å². The molecule has 0 saturated heterocycles. The van der Waals surface area contributed by atoms with E-state index in [1.54, 1.807) is 0 Å². The molecule has 4 nitrogen and oxygen atoms in total. The van der Waals surface area contributed by atoms with Crippen LogP contribution < -0.4 is 11.5 Å². The van der Waals surface area contributed by atoms with Crippen molar-refractivity contribution < 1.29 is 9.53 Å². The van der Waals surface area contributed by atoms with Crippen LogP contribution in [0.15, 0.2) is 0 Å². The quantitative estimate of drug-likeness (QED) is 0.506. The number of hydrogen-bond acceptors (Lipinski definition) is 3. The highest BCUT2D eigenvalue weighted by Crippen LogP contribution is 1.91. The molecule has 0 bridgehead atoms. The Morgan fingerprint density at radius 1 is 1.78 bits per heavy atom. The van der Waals surface area contributed by atoms with Gasteiger partial charge in [-0.25, -0.2) is 0 Å². The minimum Gasteiger partial charge on any atom is -0.380 e. The Bertz CT molecular complexity index is 91.0. The maximum atomic E-state index is 10.2. The number of ether oxygens (including phenoxy) is 1. The van der Waals surface area contributed by atoms with Gasteiger partial charge < -0.3 is 16.2 Å². The molecule has 9 heavy (non-hydrogen) atoms. The molecule has 1 unspecified atom stereocenters. The molecule has 0 fully saturated rings. The molecule has 54 valence electrons. The number of carbonyl (C=O) groups is 1. The van der Waals surface area contributed by atoms with Gasteiger partial charge in [0.25, 0.3) is 0 Å². The number of nitrogens with two attached hydrogens (primary N) is 2. The summed E-state index contributed by atoms with van der Waals surface area (Å²) >= 11 is 0. The normalized spacial score (nSPS) is 13.1. The molecule has 0 aliphatic rings. The lowest BCUT2D eigenvalue weighted by molar-refractivity contribution is -0.120. The standard InChI is InChI=1S/C5H12N2O2/c1-9-4(3-6)2-5(7)8/h4H,2-3,6H2,1H3,(H2,7,8). The zero-order chi connectivity index (χ0) is 7.28. The van der Waals surface area contributed by atoms with Crippen LogP contribution in [0.4, 0.5) is 0 Å². The van der Waals surface area contributed by atoms with Crippen LogP contribution in [-0.2, 0) is 9.53 Å². The summed E-state index contributed by atoms with van der Waals surface area (Å²) < 4.78 is 4.78. The van der Waals surface area contributed by atoms with E-state index in [-0.39, 0.29) is 18.4 Å². The molecule has 0 aliphatic heterocycles. The molecule has 0 aromatic heterocycles. The number of rotatable bonds is 4. The van der Waals surface area contributed by atoms with Crippen molar-refractivity contribution in [1.82, 2.24) is 0 Å². The molecule has 0 aromatic rings. The van der Waals surface area contributed by atoms with Gasteiger partial charge in [-0.2, -0.15) is 0 Å². The highest BCUT2D eigenvalue weighted by atomic mass is 16.5. The Morgan fingerprint density at radius 3 is 2.44 bits per heavy atom. The molecule has 1 atom stereocenters. The van der Waals surface area contributed by atoms with E-state index < -0.39 is 0 Å². The molecule has 4 heteroatoms. The first-order valence-corrected chi connectivity index (χ1v) is 2.72. The second kappa shape index (κ2) is 4.29. The van der Waals surface area contributed by atoms with Crippen molar-refractivity contribution in [3.63, 3.8) is 0 Å². The molecule has 0 spiro atoms. The maximum Gasteiger partial charge on any atom is 0.220 e. The molecule has 0 heterocycles. The summed E-state index contributed by atoms with van der Waals surface area (Å²) in [5.74, 6) is -0.382. The summed E-state index contributed by atoms with van der Waals surface area (Å²) in [6.07, 6.45) is -0.0185. The van der Waals surface area contributed by atoms with Crippen molar-refractivity contribution in [2.75, 3.05) is 13.7 Å². The van der Waals surface area contributed by atoms with E-state index in [9.17, 15) is 4.79 Å². The van der Waals surface area contributed by atoms with Crippen molar-refractivity contribution in [2.24, 2.45) is 11.5 Å². The molecule has 0 saturated carbocycles. The summed E-state index contributed by atoms with van der Waals surface area (Å²) in [6.45, 7) is 0.333. The highest BCUT2D eigenvalue weighted by molar-refractivity contribution is 5.74. The number of carbonyl (C=O) groups excluding carboxylic acids is 1. The summed E-state index contributed by atoms with van der Waals surface area (Å²) in [5.41, 5.74) is 10.1. The summed E-state index contributed by atoms with van der Waals surface area (Å²) in [4.78, 5) is 10.2. The topological polar surface area (TPSA) is 78.3 Å². The van der Waals surface area contributed by atoms with E-state index in [1.807, 2.05) is 0 Å². The van der Waals surface area contributed by atoms with Crippen molar-refractivity contribution in [3.8, 4) is 0 Å². The van der Waals surface area contributed by atoms with E-state index in [0.29, 0.717) is 6.54 Å². The van der Waals surface area contributed by atoms with Gasteiger partial charge in [0, 0.05) is 13.7 Å². The molecule has 4 N–H and O–H groups in total. The Morgan fingerprint density at radius 2 is 2.33 bits per heavy atom. The van der Waals surface area contributed by atoms with E-state index in [0.717, 1.165) is 0 Å². The first-order valence-electron chi connectivity index (χ1n) is 2.72. The van der Waals surface area contributed by atoms with Gasteiger partial charge in [-0.3, -0.25) is 4.79 Å². The number of amides is 1. The van der Waals surface area contributed by atoms with Gasteiger partial charge >= 0.3 is 0 Å². The zero-order valence-corrected chi connectivity index (χ0v) is 5.46. The number of hydrogen-bond donors (Lipinski definition) is 2. The lowest BCUT2D eigenvalue weighted by atomic mass is 10.2. The fraction of sp³-hybridized carbons (Fsp3) is 0.800. The molecular weight excluding hydrogens is 120 g/mol. The smallest absolute Gasteiger partial charge is 0.220 e. The number of primary amides is 1. The van der Waals surface area contributed by atoms with Crippen molar-refractivity contribution in [2.45, 2.75) is 12.5 Å². The lowest BCUT2D eigenvalue weighted by Gasteiger charge is -2.08. The maximum absolute atomic E-state index is 10.2. The van der Waals surface area contributed by atoms with Gasteiger partial charge in [-0.15, -0.1) is 0 Å². The van der Waals surface area contributed by atoms with Gasteiger partial charge in [0.2, 0.25) is 5.91 Å². The molecule has 0 rings (SSSR count). The van der Waals surface area contributed by atoms with Crippen LogP contribution in [0.2, 0.25) is 0 Å². The van der Waals surface area contributed by atoms with Crippen LogP contribution in [0.25, 0.3) is 0 Å². The van der Waals surface area contributed by atoms with E-state index in [1.165, 1.54) is 7.11 Å². The average molecular weight is 132 g/mol. The molecule has 0 aliphatic carbocycles. The summed E-state index contributed by atoms with van der Waals surface area (Å²) in [7, 11) is 1.50. The Balaban J connectivity index is 3.43. The molecule has 1 amide bonds. The SMILES string of the molecule is COC(CN)CC(N)=O. The van der Waals surface area contributed by atoms with Crippen molar-refractivity contribution in [3.05, 3.63) is 0 Å². The van der Waals surface area contributed by atoms with E-state index >= 15 is 0 Å². The van der Waals surface area contributed by atoms with Crippen molar-refractivity contribution >= 4 is 5.91 Å². The number of methoxy groups -OCH3 is 1. The van der Waals surface area contributed by atoms with Crippen molar-refractivity contribution in [1.29, 1.82) is 0 Å². The van der Waals surface area contributed by atoms with E-state index in [2.05, 4.69) is 0 Å². The van der Waals surface area contributed by atoms with Gasteiger partial charge in [0.05, 0.1) is 12.5 Å². The highest BCUT2D eigenvalue weighted by Gasteiger charge is 2.06. The van der Waals surface area contributed by atoms with Crippen LogP contribution in [0.5, 0.6) is 0 Å². The Kier molecular flexibility index (Phi) is 4.00. The monoisotopic (exact) mass is 132 g/mol. The van der Waals surface area contributed by atoms with Gasteiger partial charge in [-0.1, -0.05) is 0 Å². The average Bonchev–Trinajstić information content (AvgIpc) is 1.82. The fourth-order valence-corrected chi connectivity index (χ4v) is 0.487. The van der Waals surface area contributed by atoms with Gasteiger partial charge in [-0.05, 0) is 0 Å². The second-order valence-electron chi connectivity index (χ2n) is 1.76. The van der Waals surface area contributed by atoms with Crippen LogP contribution in [0, 0.1) is 0 Å². The Labute approximate surface area is 54.2 Å². The zero-order valence-electron chi connectivity index (χ0n) is 5.46. The molecule has 0 radical (unpaired) electrons. The first-order chi connectivity index (χ1) is 4.20. The Hall–Kier alpha value is -0.610. The molecular formula is C5H12N2O2. The third-order valence-electron chi connectivity index (χ3n) is 1.03. The van der Waals surface area contributed by atoms with Crippen LogP contribution in [-0.4, -0.2) is 25.7 Å². The van der Waals surface area contributed by atoms with Crippen LogP contribution in [0.1, 0.15) is 6.42 Å². The predicted octanol–water partition coefficient (Wildman–Crippen LogP) is -1.16. The lowest BCUT2D eigenvalue weighted by Crippen LogP contribution is -2.28. The predicted molar refractivity (Wildman–Crippen MR) is 33.7 cm³/mol. The summed E-state index contributed by atoms with van der Waals surface area (Å²) in [6, 6.07) is 0. The third kappa shape index (κ3) is 3.93. The minimum atomic E-state index is -0.382. The fourth-order valence-electron chi connectivity index (χ4n) is 0.487. The van der Waals surface area contributed by atoms with Gasteiger partial charge in [0.1, 0.15) is 0 Å². The largest absolute Gasteiger partial charge is 0.380 e. The minimum absolute atomic E-state index is 0.201. The van der Waals surface area contributed by atoms with Gasteiger partial charge in [0.15, 0.2) is 0 Å². The molecule has 0 aromatic carbocycles. The second-order valence-corrected chi connectivity index (χ2v) is 1.76. The first kappa shape index (κ1) is 8.39. The summed E-state index contributed by atoms with van der Waals surface area (Å²) in [5, 5.41) is 0. The van der Waals surface area contributed by atoms with Crippen LogP contribution in [0.3, 0.4) is 0 Å². The van der Waals surface area contributed by atoms with Crippen LogP contribution >= 0.6 is 0 Å².